The molecular weight excluding hydrogens is 420 g/mol. The van der Waals surface area contributed by atoms with Crippen LogP contribution in [0, 0.1) is 0 Å². The van der Waals surface area contributed by atoms with Crippen molar-refractivity contribution in [2.24, 2.45) is 0 Å². The van der Waals surface area contributed by atoms with Gasteiger partial charge >= 0.3 is 0 Å². The molecule has 1 fully saturated rings. The summed E-state index contributed by atoms with van der Waals surface area (Å²) in [5.74, 6) is -0.0150. The second kappa shape index (κ2) is 10.3. The molecule has 1 amide bonds. The number of likely N-dealkylation sites (tertiary alicyclic amines) is 1. The molecule has 25 heavy (non-hydrogen) atoms. The van der Waals surface area contributed by atoms with E-state index in [1.54, 1.807) is 11.3 Å². The molecule has 3 rings (SSSR count). The van der Waals surface area contributed by atoms with Gasteiger partial charge in [-0.05, 0) is 65.4 Å². The normalized spacial score (nSPS) is 16.5. The summed E-state index contributed by atoms with van der Waals surface area (Å²) in [7, 11) is 0. The first kappa shape index (κ1) is 20.4. The Morgan fingerprint density at radius 3 is 2.48 bits per heavy atom. The highest BCUT2D eigenvalue weighted by Crippen LogP contribution is 2.27. The second-order valence-electron chi connectivity index (χ2n) is 6.17. The van der Waals surface area contributed by atoms with Crippen molar-refractivity contribution in [2.75, 3.05) is 19.6 Å². The fourth-order valence-corrected chi connectivity index (χ4v) is 4.55. The standard InChI is InChI=1S/C19H23BrN2OS.ClH/c20-16-9-4-3-8-15(16)19(23)21-14-17(18-10-7-13-24-18)22-11-5-1-2-6-12-22;/h3-4,7-10,13,17H,1-2,5-6,11-12,14H2,(H,21,23);1H. The predicted molar refractivity (Wildman–Crippen MR) is 111 cm³/mol. The molecular formula is C19H24BrClN2OS. The van der Waals surface area contributed by atoms with Crippen LogP contribution in [0.3, 0.4) is 0 Å². The molecule has 1 aromatic heterocycles. The van der Waals surface area contributed by atoms with Gasteiger partial charge in [0.2, 0.25) is 0 Å². The van der Waals surface area contributed by atoms with Gasteiger partial charge in [-0.3, -0.25) is 9.69 Å². The van der Waals surface area contributed by atoms with Crippen molar-refractivity contribution in [3.05, 3.63) is 56.7 Å². The molecule has 2 aromatic rings. The number of carbonyl (C=O) groups excluding carboxylic acids is 1. The van der Waals surface area contributed by atoms with E-state index < -0.39 is 0 Å². The van der Waals surface area contributed by atoms with Crippen LogP contribution in [0.25, 0.3) is 0 Å². The zero-order valence-electron chi connectivity index (χ0n) is 14.1. The van der Waals surface area contributed by atoms with Crippen LogP contribution in [0.2, 0.25) is 0 Å². The molecule has 1 unspecified atom stereocenters. The fraction of sp³-hybridized carbons (Fsp3) is 0.421. The zero-order chi connectivity index (χ0) is 16.8. The minimum Gasteiger partial charge on any atom is -0.350 e. The number of nitrogens with zero attached hydrogens (tertiary/aromatic N) is 1. The van der Waals surface area contributed by atoms with E-state index in [0.29, 0.717) is 12.1 Å². The fourth-order valence-electron chi connectivity index (χ4n) is 3.23. The van der Waals surface area contributed by atoms with Gasteiger partial charge in [0.25, 0.3) is 5.91 Å². The lowest BCUT2D eigenvalue weighted by atomic mass is 10.1. The van der Waals surface area contributed by atoms with Crippen LogP contribution in [-0.2, 0) is 0 Å². The molecule has 6 heteroatoms. The summed E-state index contributed by atoms with van der Waals surface area (Å²) in [5, 5.41) is 5.26. The Labute approximate surface area is 168 Å². The molecule has 0 radical (unpaired) electrons. The minimum absolute atomic E-state index is 0. The zero-order valence-corrected chi connectivity index (χ0v) is 17.3. The summed E-state index contributed by atoms with van der Waals surface area (Å²) in [6.45, 7) is 2.89. The topological polar surface area (TPSA) is 32.3 Å². The molecule has 1 aromatic carbocycles. The van der Waals surface area contributed by atoms with E-state index in [1.165, 1.54) is 30.6 Å². The van der Waals surface area contributed by atoms with E-state index in [9.17, 15) is 4.79 Å². The van der Waals surface area contributed by atoms with E-state index in [2.05, 4.69) is 43.7 Å². The average molecular weight is 444 g/mol. The van der Waals surface area contributed by atoms with Gasteiger partial charge in [0, 0.05) is 15.9 Å². The van der Waals surface area contributed by atoms with Gasteiger partial charge in [-0.25, -0.2) is 0 Å². The van der Waals surface area contributed by atoms with Crippen LogP contribution in [0.15, 0.2) is 46.3 Å². The Balaban J connectivity index is 0.00000225. The van der Waals surface area contributed by atoms with Gasteiger partial charge in [0.15, 0.2) is 0 Å². The third kappa shape index (κ3) is 5.55. The van der Waals surface area contributed by atoms with Crippen molar-refractivity contribution >= 4 is 45.6 Å². The number of rotatable bonds is 5. The third-order valence-electron chi connectivity index (χ3n) is 4.53. The lowest BCUT2D eigenvalue weighted by molar-refractivity contribution is 0.0933. The second-order valence-corrected chi connectivity index (χ2v) is 8.00. The Kier molecular flexibility index (Phi) is 8.43. The molecule has 2 heterocycles. The van der Waals surface area contributed by atoms with E-state index in [4.69, 9.17) is 0 Å². The summed E-state index contributed by atoms with van der Waals surface area (Å²) in [4.78, 5) is 16.4. The van der Waals surface area contributed by atoms with E-state index >= 15 is 0 Å². The summed E-state index contributed by atoms with van der Waals surface area (Å²) >= 11 is 5.24. The summed E-state index contributed by atoms with van der Waals surface area (Å²) in [6, 6.07) is 12.1. The van der Waals surface area contributed by atoms with Crippen molar-refractivity contribution in [1.29, 1.82) is 0 Å². The van der Waals surface area contributed by atoms with Crippen molar-refractivity contribution in [3.63, 3.8) is 0 Å². The molecule has 1 atom stereocenters. The maximum absolute atomic E-state index is 12.5. The highest BCUT2D eigenvalue weighted by molar-refractivity contribution is 9.10. The number of nitrogens with one attached hydrogen (secondary N) is 1. The molecule has 1 aliphatic heterocycles. The van der Waals surface area contributed by atoms with Crippen LogP contribution in [0.4, 0.5) is 0 Å². The van der Waals surface area contributed by atoms with Gasteiger partial charge in [-0.2, -0.15) is 0 Å². The number of hydrogen-bond donors (Lipinski definition) is 1. The van der Waals surface area contributed by atoms with Crippen LogP contribution in [0.1, 0.15) is 47.0 Å². The van der Waals surface area contributed by atoms with Crippen LogP contribution in [0.5, 0.6) is 0 Å². The maximum atomic E-state index is 12.5. The van der Waals surface area contributed by atoms with Gasteiger partial charge in [0.05, 0.1) is 11.6 Å². The number of carbonyl (C=O) groups is 1. The Morgan fingerprint density at radius 1 is 1.12 bits per heavy atom. The maximum Gasteiger partial charge on any atom is 0.252 e. The van der Waals surface area contributed by atoms with Crippen LogP contribution >= 0.6 is 39.7 Å². The molecule has 0 bridgehead atoms. The lowest BCUT2D eigenvalue weighted by Gasteiger charge is -2.30. The summed E-state index contributed by atoms with van der Waals surface area (Å²) in [5.41, 5.74) is 0.693. The smallest absolute Gasteiger partial charge is 0.252 e. The molecule has 0 spiro atoms. The quantitative estimate of drug-likeness (QED) is 0.682. The Hall–Kier alpha value is -0.880. The molecule has 1 N–H and O–H groups in total. The van der Waals surface area contributed by atoms with Crippen molar-refractivity contribution in [3.8, 4) is 0 Å². The molecule has 1 aliphatic rings. The van der Waals surface area contributed by atoms with E-state index in [0.717, 1.165) is 17.6 Å². The largest absolute Gasteiger partial charge is 0.350 e. The SMILES string of the molecule is Cl.O=C(NCC(c1cccs1)N1CCCCCC1)c1ccccc1Br. The number of benzene rings is 1. The highest BCUT2D eigenvalue weighted by Gasteiger charge is 2.23. The van der Waals surface area contributed by atoms with Gasteiger partial charge in [0.1, 0.15) is 0 Å². The average Bonchev–Trinajstić information content (AvgIpc) is 2.98. The van der Waals surface area contributed by atoms with Crippen molar-refractivity contribution < 1.29 is 4.79 Å². The molecule has 0 saturated carbocycles. The van der Waals surface area contributed by atoms with Crippen molar-refractivity contribution in [2.45, 2.75) is 31.7 Å². The Bertz CT molecular complexity index is 657. The van der Waals surface area contributed by atoms with Gasteiger partial charge < -0.3 is 5.32 Å². The third-order valence-corrected chi connectivity index (χ3v) is 6.19. The molecule has 136 valence electrons. The molecule has 1 saturated heterocycles. The Morgan fingerprint density at radius 2 is 1.84 bits per heavy atom. The number of thiophene rings is 1. The minimum atomic E-state index is -0.0150. The van der Waals surface area contributed by atoms with Gasteiger partial charge in [-0.1, -0.05) is 31.0 Å². The molecule has 0 aliphatic carbocycles. The van der Waals surface area contributed by atoms with E-state index in [1.807, 2.05) is 24.3 Å². The van der Waals surface area contributed by atoms with Crippen molar-refractivity contribution in [1.82, 2.24) is 10.2 Å². The first-order valence-corrected chi connectivity index (χ1v) is 10.2. The molecule has 3 nitrogen and oxygen atoms in total. The van der Waals surface area contributed by atoms with Crippen LogP contribution in [-0.4, -0.2) is 30.4 Å². The number of amides is 1. The number of halogens is 2. The monoisotopic (exact) mass is 442 g/mol. The predicted octanol–water partition coefficient (Wildman–Crippen LogP) is 5.28. The summed E-state index contributed by atoms with van der Waals surface area (Å²) < 4.78 is 0.838. The highest BCUT2D eigenvalue weighted by atomic mass is 79.9. The van der Waals surface area contributed by atoms with E-state index in [-0.39, 0.29) is 24.4 Å². The first-order chi connectivity index (χ1) is 11.8. The first-order valence-electron chi connectivity index (χ1n) is 8.56. The summed E-state index contributed by atoms with van der Waals surface area (Å²) in [6.07, 6.45) is 5.13. The van der Waals surface area contributed by atoms with Crippen LogP contribution < -0.4 is 5.32 Å². The number of hydrogen-bond acceptors (Lipinski definition) is 3. The lowest BCUT2D eigenvalue weighted by Crippen LogP contribution is -2.38. The van der Waals surface area contributed by atoms with Gasteiger partial charge in [-0.15, -0.1) is 23.7 Å².